The summed E-state index contributed by atoms with van der Waals surface area (Å²) in [5.74, 6) is 0. The molecule has 0 N–H and O–H groups in total. The van der Waals surface area contributed by atoms with Crippen molar-refractivity contribution in [1.29, 1.82) is 0 Å². The van der Waals surface area contributed by atoms with Crippen LogP contribution >= 0.6 is 0 Å². The highest BCUT2D eigenvalue weighted by Crippen LogP contribution is 2.22. The van der Waals surface area contributed by atoms with Crippen LogP contribution in [0.4, 0.5) is 0 Å². The van der Waals surface area contributed by atoms with E-state index in [0.717, 1.165) is 6.42 Å². The first-order valence-electron chi connectivity index (χ1n) is 17.0. The molecule has 1 fully saturated rings. The molecule has 1 heteroatoms. The summed E-state index contributed by atoms with van der Waals surface area (Å²) in [6, 6.07) is 41.8. The summed E-state index contributed by atoms with van der Waals surface area (Å²) in [5.41, 5.74) is 6.38. The maximum atomic E-state index is 3.78. The molecule has 0 aliphatic carbocycles. The van der Waals surface area contributed by atoms with Gasteiger partial charge in [-0.25, -0.2) is 0 Å². The van der Waals surface area contributed by atoms with E-state index in [2.05, 4.69) is 128 Å². The first-order valence-corrected chi connectivity index (χ1v) is 17.0. The molecular formula is C44H67N. The fourth-order valence-corrected chi connectivity index (χ4v) is 4.19. The fourth-order valence-electron chi connectivity index (χ4n) is 4.19. The van der Waals surface area contributed by atoms with Crippen molar-refractivity contribution in [2.75, 3.05) is 20.1 Å². The summed E-state index contributed by atoms with van der Waals surface area (Å²) in [5, 5.41) is 0. The van der Waals surface area contributed by atoms with Gasteiger partial charge in [0.2, 0.25) is 0 Å². The molecule has 0 bridgehead atoms. The molecule has 4 aromatic rings. The van der Waals surface area contributed by atoms with Gasteiger partial charge in [-0.2, -0.15) is 0 Å². The predicted molar refractivity (Wildman–Crippen MR) is 209 cm³/mol. The lowest BCUT2D eigenvalue weighted by Gasteiger charge is -2.20. The number of rotatable bonds is 5. The highest BCUT2D eigenvalue weighted by atomic mass is 15.1. The lowest BCUT2D eigenvalue weighted by molar-refractivity contribution is 0.277. The Kier molecular flexibility index (Phi) is 35.4. The van der Waals surface area contributed by atoms with Crippen molar-refractivity contribution in [1.82, 2.24) is 4.90 Å². The third-order valence-corrected chi connectivity index (χ3v) is 6.13. The smallest absolute Gasteiger partial charge is 0.00218 e. The number of piperidine rings is 1. The second kappa shape index (κ2) is 34.8. The van der Waals surface area contributed by atoms with E-state index in [0.29, 0.717) is 0 Å². The quantitative estimate of drug-likeness (QED) is 0.203. The highest BCUT2D eigenvalue weighted by molar-refractivity contribution is 5.80. The minimum Gasteiger partial charge on any atom is -0.306 e. The summed E-state index contributed by atoms with van der Waals surface area (Å²) in [6.07, 6.45) is 9.18. The van der Waals surface area contributed by atoms with E-state index in [9.17, 15) is 0 Å². The van der Waals surface area contributed by atoms with Gasteiger partial charge in [0, 0.05) is 0 Å². The van der Waals surface area contributed by atoms with E-state index < -0.39 is 0 Å². The summed E-state index contributed by atoms with van der Waals surface area (Å²) >= 11 is 0. The van der Waals surface area contributed by atoms with E-state index in [1.54, 1.807) is 0 Å². The van der Waals surface area contributed by atoms with Gasteiger partial charge < -0.3 is 4.90 Å². The molecule has 45 heavy (non-hydrogen) atoms. The second-order valence-corrected chi connectivity index (χ2v) is 9.06. The van der Waals surface area contributed by atoms with Crippen molar-refractivity contribution < 1.29 is 0 Å². The predicted octanol–water partition coefficient (Wildman–Crippen LogP) is 13.4. The molecule has 0 atom stereocenters. The average Bonchev–Trinajstić information content (AvgIpc) is 3.13. The number of benzene rings is 4. The second-order valence-electron chi connectivity index (χ2n) is 9.06. The van der Waals surface area contributed by atoms with Gasteiger partial charge >= 0.3 is 0 Å². The molecule has 0 unspecified atom stereocenters. The fraction of sp³-hybridized carbons (Fsp3) is 0.364. The Balaban J connectivity index is -0.000000546. The van der Waals surface area contributed by atoms with Crippen LogP contribution in [0.25, 0.3) is 5.57 Å². The lowest BCUT2D eigenvalue weighted by Crippen LogP contribution is -2.24. The molecule has 1 saturated heterocycles. The van der Waals surface area contributed by atoms with Crippen molar-refractivity contribution in [2.24, 2.45) is 0 Å². The van der Waals surface area contributed by atoms with E-state index >= 15 is 0 Å². The Labute approximate surface area is 280 Å². The van der Waals surface area contributed by atoms with Crippen molar-refractivity contribution in [3.8, 4) is 0 Å². The monoisotopic (exact) mass is 610 g/mol. The minimum atomic E-state index is 0. The Morgan fingerprint density at radius 3 is 1.11 bits per heavy atom. The van der Waals surface area contributed by atoms with Gasteiger partial charge in [-0.1, -0.05) is 209 Å². The van der Waals surface area contributed by atoms with Crippen LogP contribution in [0, 0.1) is 0 Å². The van der Waals surface area contributed by atoms with Crippen LogP contribution < -0.4 is 0 Å². The highest BCUT2D eigenvalue weighted by Gasteiger charge is 2.03. The number of nitrogens with zero attached hydrogens (tertiary/aromatic N) is 1. The molecule has 0 radical (unpaired) electrons. The number of hydrogen-bond donors (Lipinski definition) is 0. The van der Waals surface area contributed by atoms with Crippen molar-refractivity contribution in [3.63, 3.8) is 0 Å². The number of hydrogen-bond acceptors (Lipinski definition) is 1. The Bertz CT molecular complexity index is 1050. The zero-order valence-electron chi connectivity index (χ0n) is 29.6. The number of likely N-dealkylation sites (tertiary alicyclic amines) is 1. The number of allylic oxidation sites excluding steroid dienone is 2. The average molecular weight is 610 g/mol. The van der Waals surface area contributed by atoms with Crippen LogP contribution in [0.2, 0.25) is 0 Å². The lowest BCUT2D eigenvalue weighted by atomic mass is 9.98. The van der Waals surface area contributed by atoms with E-state index in [4.69, 9.17) is 0 Å². The maximum Gasteiger partial charge on any atom is -0.00218 e. The Hall–Kier alpha value is -3.68. The van der Waals surface area contributed by atoms with Crippen LogP contribution in [0.5, 0.6) is 0 Å². The van der Waals surface area contributed by atoms with Crippen molar-refractivity contribution >= 4 is 5.57 Å². The van der Waals surface area contributed by atoms with Crippen LogP contribution in [-0.4, -0.2) is 25.0 Å². The summed E-state index contributed by atoms with van der Waals surface area (Å²) in [4.78, 5) is 2.39. The minimum absolute atomic E-state index is 0. The van der Waals surface area contributed by atoms with Crippen LogP contribution in [0.1, 0.15) is 104 Å². The van der Waals surface area contributed by atoms with Gasteiger partial charge in [0.1, 0.15) is 0 Å². The molecule has 1 aliphatic rings. The standard InChI is InChI=1S/C16H14.C13H12.C6H13N.4C2H6.CH4/c1-2-9-16(14-10-5-3-6-11-14)15-12-7-4-8-13-15;1-3-7-12(8-4-1)11-13-9-5-2-6-10-13;1-7-5-3-2-4-6-7;4*1-2;/h2-13H,1H2;1-10H,11H2;2-6H2,1H3;4*1-2H3;1H4. The van der Waals surface area contributed by atoms with Gasteiger partial charge in [-0.05, 0) is 67.2 Å². The Morgan fingerprint density at radius 1 is 0.533 bits per heavy atom. The van der Waals surface area contributed by atoms with Crippen LogP contribution in [-0.2, 0) is 6.42 Å². The molecule has 1 heterocycles. The molecule has 0 aromatic heterocycles. The van der Waals surface area contributed by atoms with E-state index in [1.165, 1.54) is 60.2 Å². The van der Waals surface area contributed by atoms with Gasteiger partial charge in [-0.3, -0.25) is 0 Å². The van der Waals surface area contributed by atoms with Crippen molar-refractivity contribution in [2.45, 2.75) is 88.5 Å². The van der Waals surface area contributed by atoms with E-state index in [1.807, 2.05) is 79.7 Å². The third kappa shape index (κ3) is 22.5. The van der Waals surface area contributed by atoms with Crippen LogP contribution in [0.3, 0.4) is 0 Å². The molecular weight excluding hydrogens is 542 g/mol. The topological polar surface area (TPSA) is 3.24 Å². The SMILES string of the molecule is C.C=CC=C(c1ccccc1)c1ccccc1.CC.CC.CC.CC.CN1CCCCC1.c1ccc(Cc2ccccc2)cc1. The summed E-state index contributed by atoms with van der Waals surface area (Å²) < 4.78 is 0. The zero-order chi connectivity index (χ0) is 33.3. The maximum absolute atomic E-state index is 3.78. The molecule has 0 spiro atoms. The largest absolute Gasteiger partial charge is 0.306 e. The normalized spacial score (nSPS) is 10.7. The molecule has 1 nitrogen and oxygen atoms in total. The third-order valence-electron chi connectivity index (χ3n) is 6.13. The first-order chi connectivity index (χ1) is 21.8. The summed E-state index contributed by atoms with van der Waals surface area (Å²) in [7, 11) is 2.19. The molecule has 4 aromatic carbocycles. The molecule has 1 aliphatic heterocycles. The molecule has 5 rings (SSSR count). The van der Waals surface area contributed by atoms with Gasteiger partial charge in [0.25, 0.3) is 0 Å². The van der Waals surface area contributed by atoms with Gasteiger partial charge in [-0.15, -0.1) is 0 Å². The van der Waals surface area contributed by atoms with Crippen molar-refractivity contribution in [3.05, 3.63) is 162 Å². The zero-order valence-corrected chi connectivity index (χ0v) is 29.6. The van der Waals surface area contributed by atoms with Crippen LogP contribution in [0.15, 0.2) is 140 Å². The van der Waals surface area contributed by atoms with Gasteiger partial charge in [0.05, 0.1) is 0 Å². The summed E-state index contributed by atoms with van der Waals surface area (Å²) in [6.45, 7) is 22.4. The Morgan fingerprint density at radius 2 is 0.844 bits per heavy atom. The molecule has 248 valence electrons. The van der Waals surface area contributed by atoms with E-state index in [-0.39, 0.29) is 7.43 Å². The van der Waals surface area contributed by atoms with Gasteiger partial charge in [0.15, 0.2) is 0 Å². The molecule has 0 saturated carbocycles. The molecule has 0 amide bonds. The first kappa shape index (κ1) is 45.7.